The van der Waals surface area contributed by atoms with Gasteiger partial charge in [-0.05, 0) is 59.2 Å². The Morgan fingerprint density at radius 3 is 2.65 bits per heavy atom. The number of nitrogens with zero attached hydrogens (tertiary/aromatic N) is 1. The normalized spacial score (nSPS) is 24.8. The first-order chi connectivity index (χ1) is 8.08. The van der Waals surface area contributed by atoms with Crippen molar-refractivity contribution in [1.82, 2.24) is 4.90 Å². The second-order valence-electron chi connectivity index (χ2n) is 4.59. The molecule has 1 amide bonds. The third-order valence-electron chi connectivity index (χ3n) is 3.24. The van der Waals surface area contributed by atoms with Gasteiger partial charge < -0.3 is 10.0 Å². The third kappa shape index (κ3) is 2.98. The smallest absolute Gasteiger partial charge is 0.253 e. The summed E-state index contributed by atoms with van der Waals surface area (Å²) < 4.78 is 1.13. The van der Waals surface area contributed by atoms with E-state index >= 15 is 0 Å². The Hall–Kier alpha value is -0.620. The van der Waals surface area contributed by atoms with E-state index in [9.17, 15) is 9.90 Å². The molecule has 0 radical (unpaired) electrons. The zero-order valence-corrected chi connectivity index (χ0v) is 11.9. The van der Waals surface area contributed by atoms with E-state index in [0.29, 0.717) is 19.5 Å². The van der Waals surface area contributed by atoms with Gasteiger partial charge in [-0.25, -0.2) is 0 Å². The molecule has 2 unspecified atom stereocenters. The van der Waals surface area contributed by atoms with Gasteiger partial charge in [0.25, 0.3) is 5.91 Å². The van der Waals surface area contributed by atoms with Crippen LogP contribution < -0.4 is 0 Å². The number of halogens is 1. The molecule has 3 nitrogen and oxygen atoms in total. The van der Waals surface area contributed by atoms with Gasteiger partial charge in [-0.3, -0.25) is 4.79 Å². The predicted molar refractivity (Wildman–Crippen MR) is 74.9 cm³/mol. The summed E-state index contributed by atoms with van der Waals surface area (Å²) in [7, 11) is 0. The molecule has 0 aromatic heterocycles. The fourth-order valence-electron chi connectivity index (χ4n) is 2.09. The number of benzene rings is 1. The number of hydrogen-bond donors (Lipinski definition) is 1. The van der Waals surface area contributed by atoms with Gasteiger partial charge in [0, 0.05) is 22.2 Å². The zero-order valence-electron chi connectivity index (χ0n) is 9.77. The summed E-state index contributed by atoms with van der Waals surface area (Å²) in [4.78, 5) is 14.0. The first-order valence-electron chi connectivity index (χ1n) is 5.81. The van der Waals surface area contributed by atoms with Crippen molar-refractivity contribution in [2.75, 3.05) is 13.1 Å². The average Bonchev–Trinajstić information content (AvgIpc) is 2.33. The van der Waals surface area contributed by atoms with Crippen LogP contribution in [0.15, 0.2) is 24.3 Å². The maximum absolute atomic E-state index is 12.2. The molecule has 1 N–H and O–H groups in total. The number of rotatable bonds is 1. The molecule has 92 valence electrons. The van der Waals surface area contributed by atoms with E-state index in [4.69, 9.17) is 0 Å². The molecule has 1 heterocycles. The van der Waals surface area contributed by atoms with Gasteiger partial charge in [-0.1, -0.05) is 6.92 Å². The molecule has 0 bridgehead atoms. The van der Waals surface area contributed by atoms with Gasteiger partial charge in [0.15, 0.2) is 0 Å². The monoisotopic (exact) mass is 345 g/mol. The van der Waals surface area contributed by atoms with Gasteiger partial charge in [0.05, 0.1) is 6.10 Å². The molecule has 1 aromatic carbocycles. The Labute approximate surface area is 115 Å². The molecule has 17 heavy (non-hydrogen) atoms. The lowest BCUT2D eigenvalue weighted by Crippen LogP contribution is -2.44. The third-order valence-corrected chi connectivity index (χ3v) is 3.96. The summed E-state index contributed by atoms with van der Waals surface area (Å²) in [5.74, 6) is 0.233. The Morgan fingerprint density at radius 2 is 2.06 bits per heavy atom. The maximum atomic E-state index is 12.2. The van der Waals surface area contributed by atoms with Gasteiger partial charge in [-0.15, -0.1) is 0 Å². The molecule has 1 saturated heterocycles. The van der Waals surface area contributed by atoms with E-state index in [1.807, 2.05) is 36.1 Å². The van der Waals surface area contributed by atoms with E-state index in [1.54, 1.807) is 0 Å². The van der Waals surface area contributed by atoms with Gasteiger partial charge in [0.1, 0.15) is 0 Å². The number of carbonyl (C=O) groups is 1. The van der Waals surface area contributed by atoms with Gasteiger partial charge in [0.2, 0.25) is 0 Å². The Bertz CT molecular complexity index is 404. The van der Waals surface area contributed by atoms with E-state index in [0.717, 1.165) is 9.13 Å². The number of hydrogen-bond acceptors (Lipinski definition) is 2. The number of likely N-dealkylation sites (tertiary alicyclic amines) is 1. The van der Waals surface area contributed by atoms with Crippen molar-refractivity contribution >= 4 is 28.5 Å². The fraction of sp³-hybridized carbons (Fsp3) is 0.462. The van der Waals surface area contributed by atoms with Crippen molar-refractivity contribution in [1.29, 1.82) is 0 Å². The molecule has 1 fully saturated rings. The highest BCUT2D eigenvalue weighted by Crippen LogP contribution is 2.19. The van der Waals surface area contributed by atoms with Crippen LogP contribution in [-0.4, -0.2) is 35.1 Å². The molecule has 0 aliphatic carbocycles. The minimum atomic E-state index is -0.268. The number of carbonyl (C=O) groups excluding carboxylic acids is 1. The molecule has 2 atom stereocenters. The Morgan fingerprint density at radius 1 is 1.41 bits per heavy atom. The quantitative estimate of drug-likeness (QED) is 0.793. The minimum Gasteiger partial charge on any atom is -0.393 e. The predicted octanol–water partition coefficient (Wildman–Crippen LogP) is 2.13. The van der Waals surface area contributed by atoms with Gasteiger partial charge >= 0.3 is 0 Å². The number of aliphatic hydroxyl groups excluding tert-OH is 1. The Kier molecular flexibility index (Phi) is 4.04. The zero-order chi connectivity index (χ0) is 12.4. The number of aliphatic hydroxyl groups is 1. The largest absolute Gasteiger partial charge is 0.393 e. The summed E-state index contributed by atoms with van der Waals surface area (Å²) >= 11 is 2.22. The van der Waals surface area contributed by atoms with Crippen LogP contribution in [0.4, 0.5) is 0 Å². The first kappa shape index (κ1) is 12.8. The average molecular weight is 345 g/mol. The van der Waals surface area contributed by atoms with E-state index < -0.39 is 0 Å². The Balaban J connectivity index is 2.08. The van der Waals surface area contributed by atoms with Crippen molar-refractivity contribution in [3.63, 3.8) is 0 Å². The van der Waals surface area contributed by atoms with Gasteiger partial charge in [-0.2, -0.15) is 0 Å². The SMILES string of the molecule is CC1CN(C(=O)c2ccc(I)cc2)CCC1O. The van der Waals surface area contributed by atoms with Crippen LogP contribution in [0.25, 0.3) is 0 Å². The van der Waals surface area contributed by atoms with Crippen LogP contribution >= 0.6 is 22.6 Å². The van der Waals surface area contributed by atoms with Crippen molar-refractivity contribution < 1.29 is 9.90 Å². The van der Waals surface area contributed by atoms with Crippen LogP contribution in [0.1, 0.15) is 23.7 Å². The first-order valence-corrected chi connectivity index (χ1v) is 6.88. The van der Waals surface area contributed by atoms with Crippen molar-refractivity contribution in [2.24, 2.45) is 5.92 Å². The summed E-state index contributed by atoms with van der Waals surface area (Å²) in [5.41, 5.74) is 0.731. The van der Waals surface area contributed by atoms with Crippen molar-refractivity contribution in [3.05, 3.63) is 33.4 Å². The number of piperidine rings is 1. The molecule has 1 aliphatic rings. The highest BCUT2D eigenvalue weighted by atomic mass is 127. The highest BCUT2D eigenvalue weighted by Gasteiger charge is 2.27. The molecular formula is C13H16INO2. The van der Waals surface area contributed by atoms with Crippen molar-refractivity contribution in [2.45, 2.75) is 19.4 Å². The molecule has 2 rings (SSSR count). The molecular weight excluding hydrogens is 329 g/mol. The second kappa shape index (κ2) is 5.35. The van der Waals surface area contributed by atoms with Crippen LogP contribution in [0, 0.1) is 9.49 Å². The van der Waals surface area contributed by atoms with Crippen LogP contribution in [0.3, 0.4) is 0 Å². The molecule has 1 aromatic rings. The summed E-state index contributed by atoms with van der Waals surface area (Å²) in [6.07, 6.45) is 0.410. The molecule has 1 aliphatic heterocycles. The maximum Gasteiger partial charge on any atom is 0.253 e. The van der Waals surface area contributed by atoms with Crippen LogP contribution in [0.5, 0.6) is 0 Å². The summed E-state index contributed by atoms with van der Waals surface area (Å²) in [6.45, 7) is 3.28. The minimum absolute atomic E-state index is 0.0696. The van der Waals surface area contributed by atoms with Crippen molar-refractivity contribution in [3.8, 4) is 0 Å². The summed E-state index contributed by atoms with van der Waals surface area (Å²) in [5, 5.41) is 9.65. The molecule has 4 heteroatoms. The topological polar surface area (TPSA) is 40.5 Å². The second-order valence-corrected chi connectivity index (χ2v) is 5.84. The molecule has 0 spiro atoms. The van der Waals surface area contributed by atoms with E-state index in [1.165, 1.54) is 0 Å². The summed E-state index contributed by atoms with van der Waals surface area (Å²) in [6, 6.07) is 7.60. The molecule has 0 saturated carbocycles. The highest BCUT2D eigenvalue weighted by molar-refractivity contribution is 14.1. The lowest BCUT2D eigenvalue weighted by molar-refractivity contribution is 0.0297. The lowest BCUT2D eigenvalue weighted by Gasteiger charge is -2.34. The van der Waals surface area contributed by atoms with E-state index in [2.05, 4.69) is 22.6 Å². The number of amides is 1. The standard InChI is InChI=1S/C13H16INO2/c1-9-8-15(7-6-12(9)16)13(17)10-2-4-11(14)5-3-10/h2-5,9,12,16H,6-8H2,1H3. The van der Waals surface area contributed by atoms with Crippen LogP contribution in [0.2, 0.25) is 0 Å². The fourth-order valence-corrected chi connectivity index (χ4v) is 2.45. The lowest BCUT2D eigenvalue weighted by atomic mass is 9.96. The van der Waals surface area contributed by atoms with E-state index in [-0.39, 0.29) is 17.9 Å². The van der Waals surface area contributed by atoms with Crippen LogP contribution in [-0.2, 0) is 0 Å².